The summed E-state index contributed by atoms with van der Waals surface area (Å²) in [5.74, 6) is 0.385. The molecule has 18 heavy (non-hydrogen) atoms. The Hall–Kier alpha value is -1.61. The van der Waals surface area contributed by atoms with Crippen LogP contribution in [-0.2, 0) is 6.54 Å². The van der Waals surface area contributed by atoms with E-state index < -0.39 is 0 Å². The highest BCUT2D eigenvalue weighted by molar-refractivity contribution is 6.30. The fourth-order valence-corrected chi connectivity index (χ4v) is 1.83. The lowest BCUT2D eigenvalue weighted by atomic mass is 10.1. The lowest BCUT2D eigenvalue weighted by molar-refractivity contribution is 0.465. The lowest BCUT2D eigenvalue weighted by Crippen LogP contribution is -2.24. The molecule has 1 aromatic carbocycles. The molecule has 0 atom stereocenters. The summed E-state index contributed by atoms with van der Waals surface area (Å²) < 4.78 is 1.51. The molecule has 0 bridgehead atoms. The molecule has 2 aromatic rings. The van der Waals surface area contributed by atoms with Crippen LogP contribution in [0.1, 0.15) is 13.8 Å². The summed E-state index contributed by atoms with van der Waals surface area (Å²) in [6.45, 7) is 4.74. The van der Waals surface area contributed by atoms with E-state index in [1.165, 1.54) is 4.68 Å². The molecular formula is C14H15ClN2O. The zero-order valence-corrected chi connectivity index (χ0v) is 11.2. The first-order chi connectivity index (χ1) is 8.56. The molecule has 0 aliphatic heterocycles. The van der Waals surface area contributed by atoms with Gasteiger partial charge < -0.3 is 0 Å². The van der Waals surface area contributed by atoms with Crippen LogP contribution < -0.4 is 5.56 Å². The van der Waals surface area contributed by atoms with Gasteiger partial charge in [0.15, 0.2) is 0 Å². The van der Waals surface area contributed by atoms with Gasteiger partial charge in [-0.25, -0.2) is 4.68 Å². The van der Waals surface area contributed by atoms with Gasteiger partial charge in [-0.3, -0.25) is 4.79 Å². The normalized spacial score (nSPS) is 10.9. The Morgan fingerprint density at radius 3 is 2.44 bits per heavy atom. The van der Waals surface area contributed by atoms with Crippen molar-refractivity contribution in [2.24, 2.45) is 5.92 Å². The highest BCUT2D eigenvalue weighted by atomic mass is 35.5. The second-order valence-corrected chi connectivity index (χ2v) is 5.08. The molecule has 94 valence electrons. The summed E-state index contributed by atoms with van der Waals surface area (Å²) in [7, 11) is 0. The maximum Gasteiger partial charge on any atom is 0.266 e. The van der Waals surface area contributed by atoms with Gasteiger partial charge >= 0.3 is 0 Å². The molecule has 4 heteroatoms. The maximum absolute atomic E-state index is 11.7. The summed E-state index contributed by atoms with van der Waals surface area (Å²) in [4.78, 5) is 11.7. The fraction of sp³-hybridized carbons (Fsp3) is 0.286. The van der Waals surface area contributed by atoms with Gasteiger partial charge in [0.25, 0.3) is 5.56 Å². The highest BCUT2D eigenvalue weighted by Crippen LogP contribution is 2.18. The van der Waals surface area contributed by atoms with Crippen molar-refractivity contribution in [2.75, 3.05) is 0 Å². The topological polar surface area (TPSA) is 34.9 Å². The van der Waals surface area contributed by atoms with E-state index in [4.69, 9.17) is 11.6 Å². The minimum absolute atomic E-state index is 0.0681. The van der Waals surface area contributed by atoms with Gasteiger partial charge in [0.05, 0.1) is 5.69 Å². The standard InChI is InChI=1S/C14H15ClN2O/c1-10(2)9-17-14(18)8-7-13(16-17)11-3-5-12(15)6-4-11/h3-8,10H,9H2,1-2H3. The number of nitrogens with zero attached hydrogens (tertiary/aromatic N) is 2. The number of aromatic nitrogens is 2. The molecule has 0 fully saturated rings. The molecule has 1 aromatic heterocycles. The lowest BCUT2D eigenvalue weighted by Gasteiger charge is -2.09. The first-order valence-corrected chi connectivity index (χ1v) is 6.28. The van der Waals surface area contributed by atoms with E-state index in [-0.39, 0.29) is 5.56 Å². The molecule has 0 spiro atoms. The van der Waals surface area contributed by atoms with E-state index in [9.17, 15) is 4.79 Å². The molecule has 0 radical (unpaired) electrons. The Labute approximate surface area is 111 Å². The molecule has 0 aliphatic carbocycles. The second kappa shape index (κ2) is 5.36. The minimum Gasteiger partial charge on any atom is -0.268 e. The first-order valence-electron chi connectivity index (χ1n) is 5.90. The zero-order valence-electron chi connectivity index (χ0n) is 10.4. The van der Waals surface area contributed by atoms with Gasteiger partial charge in [-0.15, -0.1) is 0 Å². The summed E-state index contributed by atoms with van der Waals surface area (Å²) in [5, 5.41) is 5.06. The molecule has 0 N–H and O–H groups in total. The SMILES string of the molecule is CC(C)Cn1nc(-c2ccc(Cl)cc2)ccc1=O. The predicted molar refractivity (Wildman–Crippen MR) is 73.8 cm³/mol. The predicted octanol–water partition coefficient (Wildman–Crippen LogP) is 3.22. The Morgan fingerprint density at radius 2 is 1.83 bits per heavy atom. The van der Waals surface area contributed by atoms with Crippen molar-refractivity contribution < 1.29 is 0 Å². The van der Waals surface area contributed by atoms with Crippen LogP contribution in [0.4, 0.5) is 0 Å². The molecule has 2 rings (SSSR count). The zero-order chi connectivity index (χ0) is 13.1. The van der Waals surface area contributed by atoms with Gasteiger partial charge in [0.1, 0.15) is 0 Å². The van der Waals surface area contributed by atoms with Crippen molar-refractivity contribution in [3.05, 3.63) is 51.8 Å². The Morgan fingerprint density at radius 1 is 1.17 bits per heavy atom. The van der Waals surface area contributed by atoms with E-state index >= 15 is 0 Å². The van der Waals surface area contributed by atoms with Crippen molar-refractivity contribution in [3.63, 3.8) is 0 Å². The number of hydrogen-bond acceptors (Lipinski definition) is 2. The van der Waals surface area contributed by atoms with E-state index in [0.717, 1.165) is 11.3 Å². The van der Waals surface area contributed by atoms with Crippen LogP contribution in [0.3, 0.4) is 0 Å². The molecule has 0 amide bonds. The largest absolute Gasteiger partial charge is 0.268 e. The van der Waals surface area contributed by atoms with Crippen molar-refractivity contribution in [1.29, 1.82) is 0 Å². The van der Waals surface area contributed by atoms with Crippen LogP contribution in [0.5, 0.6) is 0 Å². The number of hydrogen-bond donors (Lipinski definition) is 0. The third-order valence-electron chi connectivity index (χ3n) is 2.54. The Bertz CT molecular complexity index is 587. The molecule has 3 nitrogen and oxygen atoms in total. The second-order valence-electron chi connectivity index (χ2n) is 4.64. The van der Waals surface area contributed by atoms with Crippen molar-refractivity contribution in [3.8, 4) is 11.3 Å². The smallest absolute Gasteiger partial charge is 0.266 e. The van der Waals surface area contributed by atoms with Gasteiger partial charge in [-0.2, -0.15) is 5.10 Å². The summed E-state index contributed by atoms with van der Waals surface area (Å²) >= 11 is 5.85. The van der Waals surface area contributed by atoms with E-state index in [0.29, 0.717) is 17.5 Å². The third kappa shape index (κ3) is 2.99. The number of halogens is 1. The van der Waals surface area contributed by atoms with Crippen LogP contribution in [0.25, 0.3) is 11.3 Å². The minimum atomic E-state index is -0.0681. The van der Waals surface area contributed by atoms with Crippen LogP contribution in [0, 0.1) is 5.92 Å². The summed E-state index contributed by atoms with van der Waals surface area (Å²) in [5.41, 5.74) is 1.67. The first kappa shape index (κ1) is 12.8. The molecule has 0 aliphatic rings. The highest BCUT2D eigenvalue weighted by Gasteiger charge is 2.04. The van der Waals surface area contributed by atoms with Crippen molar-refractivity contribution in [1.82, 2.24) is 9.78 Å². The van der Waals surface area contributed by atoms with E-state index in [2.05, 4.69) is 18.9 Å². The van der Waals surface area contributed by atoms with E-state index in [1.807, 2.05) is 24.3 Å². The van der Waals surface area contributed by atoms with Crippen LogP contribution in [-0.4, -0.2) is 9.78 Å². The van der Waals surface area contributed by atoms with Crippen LogP contribution in [0.15, 0.2) is 41.2 Å². The third-order valence-corrected chi connectivity index (χ3v) is 2.80. The van der Waals surface area contributed by atoms with Crippen molar-refractivity contribution in [2.45, 2.75) is 20.4 Å². The fourth-order valence-electron chi connectivity index (χ4n) is 1.70. The van der Waals surface area contributed by atoms with Crippen molar-refractivity contribution >= 4 is 11.6 Å². The van der Waals surface area contributed by atoms with Gasteiger partial charge in [-0.05, 0) is 24.1 Å². The summed E-state index contributed by atoms with van der Waals surface area (Å²) in [6, 6.07) is 10.7. The quantitative estimate of drug-likeness (QED) is 0.851. The molecule has 0 unspecified atom stereocenters. The average Bonchev–Trinajstić information content (AvgIpc) is 2.32. The van der Waals surface area contributed by atoms with Gasteiger partial charge in [0, 0.05) is 23.2 Å². The molecule has 0 saturated carbocycles. The molecule has 1 heterocycles. The van der Waals surface area contributed by atoms with Crippen LogP contribution in [0.2, 0.25) is 5.02 Å². The average molecular weight is 263 g/mol. The Balaban J connectivity index is 2.40. The summed E-state index contributed by atoms with van der Waals surface area (Å²) in [6.07, 6.45) is 0. The van der Waals surface area contributed by atoms with Gasteiger partial charge in [0.2, 0.25) is 0 Å². The molecular weight excluding hydrogens is 248 g/mol. The van der Waals surface area contributed by atoms with E-state index in [1.54, 1.807) is 12.1 Å². The number of rotatable bonds is 3. The maximum atomic E-state index is 11.7. The van der Waals surface area contributed by atoms with Crippen LogP contribution >= 0.6 is 11.6 Å². The Kier molecular flexibility index (Phi) is 3.82. The van der Waals surface area contributed by atoms with Gasteiger partial charge in [-0.1, -0.05) is 37.6 Å². The molecule has 0 saturated heterocycles. The number of benzene rings is 1. The monoisotopic (exact) mass is 262 g/mol.